The molecule has 13 heavy (non-hydrogen) atoms. The summed E-state index contributed by atoms with van der Waals surface area (Å²) in [7, 11) is 0. The zero-order chi connectivity index (χ0) is 9.68. The Hall–Kier alpha value is -0.470. The van der Waals surface area contributed by atoms with E-state index in [9.17, 15) is 0 Å². The largest absolute Gasteiger partial charge is 0.382 e. The van der Waals surface area contributed by atoms with Gasteiger partial charge in [-0.1, -0.05) is 23.8 Å². The van der Waals surface area contributed by atoms with Crippen LogP contribution in [0.15, 0.2) is 34.8 Å². The zero-order valence-corrected chi connectivity index (χ0v) is 9.69. The van der Waals surface area contributed by atoms with Gasteiger partial charge in [0, 0.05) is 16.7 Å². The summed E-state index contributed by atoms with van der Waals surface area (Å²) in [5, 5.41) is 3.97. The number of benzene rings is 1. The van der Waals surface area contributed by atoms with Crippen molar-refractivity contribution in [3.05, 3.63) is 39.8 Å². The highest BCUT2D eigenvalue weighted by molar-refractivity contribution is 9.10. The highest BCUT2D eigenvalue weighted by Crippen LogP contribution is 2.25. The number of rotatable bonds is 3. The van der Waals surface area contributed by atoms with Gasteiger partial charge in [-0.25, -0.2) is 0 Å². The van der Waals surface area contributed by atoms with Crippen molar-refractivity contribution in [2.24, 2.45) is 0 Å². The Kier molecular flexibility index (Phi) is 4.33. The van der Waals surface area contributed by atoms with E-state index in [1.165, 1.54) is 0 Å². The molecule has 0 aliphatic heterocycles. The monoisotopic (exact) mass is 259 g/mol. The summed E-state index contributed by atoms with van der Waals surface area (Å²) in [5.41, 5.74) is 1.06. The molecule has 0 aromatic heterocycles. The standard InChI is InChI=1S/C10H11BrClN/c1-2-3-6-13-8-4-5-10(12)9(11)7-8/h2-5,7,13H,6H2,1H3/b3-2+. The van der Waals surface area contributed by atoms with Gasteiger partial charge >= 0.3 is 0 Å². The van der Waals surface area contributed by atoms with Crippen molar-refractivity contribution in [1.29, 1.82) is 0 Å². The second-order valence-electron chi connectivity index (χ2n) is 2.58. The van der Waals surface area contributed by atoms with E-state index in [2.05, 4.69) is 27.3 Å². The first-order valence-electron chi connectivity index (χ1n) is 4.04. The van der Waals surface area contributed by atoms with Crippen LogP contribution in [0.25, 0.3) is 0 Å². The van der Waals surface area contributed by atoms with Gasteiger partial charge in [-0.15, -0.1) is 0 Å². The third kappa shape index (κ3) is 3.41. The average Bonchev–Trinajstić information content (AvgIpc) is 2.12. The molecule has 3 heteroatoms. The molecule has 1 nitrogen and oxygen atoms in total. The van der Waals surface area contributed by atoms with Gasteiger partial charge in [0.1, 0.15) is 0 Å². The van der Waals surface area contributed by atoms with E-state index in [1.807, 2.05) is 31.2 Å². The topological polar surface area (TPSA) is 12.0 Å². The van der Waals surface area contributed by atoms with Crippen LogP contribution in [-0.4, -0.2) is 6.54 Å². The second-order valence-corrected chi connectivity index (χ2v) is 3.84. The number of anilines is 1. The minimum Gasteiger partial charge on any atom is -0.382 e. The van der Waals surface area contributed by atoms with Crippen LogP contribution in [0.2, 0.25) is 5.02 Å². The molecule has 70 valence electrons. The molecule has 0 heterocycles. The summed E-state index contributed by atoms with van der Waals surface area (Å²) in [6.45, 7) is 2.84. The molecule has 0 radical (unpaired) electrons. The fourth-order valence-corrected chi connectivity index (χ4v) is 1.40. The third-order valence-electron chi connectivity index (χ3n) is 1.58. The molecule has 0 aliphatic rings. The fraction of sp³-hybridized carbons (Fsp3) is 0.200. The molecule has 0 unspecified atom stereocenters. The van der Waals surface area contributed by atoms with Crippen LogP contribution < -0.4 is 5.32 Å². The Labute approximate surface area is 91.9 Å². The lowest BCUT2D eigenvalue weighted by Crippen LogP contribution is -1.97. The van der Waals surface area contributed by atoms with Crippen molar-refractivity contribution in [1.82, 2.24) is 0 Å². The molecule has 1 N–H and O–H groups in total. The van der Waals surface area contributed by atoms with E-state index in [4.69, 9.17) is 11.6 Å². The van der Waals surface area contributed by atoms with Crippen LogP contribution in [0.4, 0.5) is 5.69 Å². The van der Waals surface area contributed by atoms with Crippen molar-refractivity contribution < 1.29 is 0 Å². The lowest BCUT2D eigenvalue weighted by Gasteiger charge is -2.04. The van der Waals surface area contributed by atoms with Crippen LogP contribution >= 0.6 is 27.5 Å². The first-order chi connectivity index (χ1) is 6.24. The van der Waals surface area contributed by atoms with Crippen molar-refractivity contribution in [3.8, 4) is 0 Å². The van der Waals surface area contributed by atoms with Gasteiger partial charge in [0.2, 0.25) is 0 Å². The molecule has 1 rings (SSSR count). The Morgan fingerprint density at radius 3 is 2.92 bits per heavy atom. The Morgan fingerprint density at radius 2 is 2.31 bits per heavy atom. The van der Waals surface area contributed by atoms with E-state index >= 15 is 0 Å². The molecule has 1 aromatic carbocycles. The fourth-order valence-electron chi connectivity index (χ4n) is 0.901. The normalized spacial score (nSPS) is 10.7. The summed E-state index contributed by atoms with van der Waals surface area (Å²) in [4.78, 5) is 0. The van der Waals surface area contributed by atoms with E-state index in [1.54, 1.807) is 0 Å². The van der Waals surface area contributed by atoms with Gasteiger partial charge in [0.15, 0.2) is 0 Å². The van der Waals surface area contributed by atoms with E-state index in [0.29, 0.717) is 0 Å². The summed E-state index contributed by atoms with van der Waals surface area (Å²) < 4.78 is 0.916. The highest BCUT2D eigenvalue weighted by atomic mass is 79.9. The van der Waals surface area contributed by atoms with E-state index in [-0.39, 0.29) is 0 Å². The maximum absolute atomic E-state index is 5.85. The predicted octanol–water partition coefficient (Wildman–Crippen LogP) is 4.09. The molecular formula is C10H11BrClN. The van der Waals surface area contributed by atoms with Gasteiger partial charge in [-0.05, 0) is 41.1 Å². The van der Waals surface area contributed by atoms with Gasteiger partial charge in [-0.2, -0.15) is 0 Å². The van der Waals surface area contributed by atoms with Gasteiger partial charge in [-0.3, -0.25) is 0 Å². The molecule has 0 atom stereocenters. The average molecular weight is 261 g/mol. The zero-order valence-electron chi connectivity index (χ0n) is 7.35. The summed E-state index contributed by atoms with van der Waals surface area (Å²) in [6.07, 6.45) is 4.07. The van der Waals surface area contributed by atoms with Gasteiger partial charge in [0.25, 0.3) is 0 Å². The molecule has 0 bridgehead atoms. The molecule has 0 fully saturated rings. The van der Waals surface area contributed by atoms with Crippen LogP contribution in [0.3, 0.4) is 0 Å². The van der Waals surface area contributed by atoms with E-state index in [0.717, 1.165) is 21.7 Å². The lowest BCUT2D eigenvalue weighted by atomic mass is 10.3. The number of nitrogens with one attached hydrogen (secondary N) is 1. The van der Waals surface area contributed by atoms with Crippen LogP contribution in [0.1, 0.15) is 6.92 Å². The number of hydrogen-bond donors (Lipinski definition) is 1. The Morgan fingerprint density at radius 1 is 1.54 bits per heavy atom. The first-order valence-corrected chi connectivity index (χ1v) is 5.21. The molecule has 0 saturated heterocycles. The van der Waals surface area contributed by atoms with Gasteiger partial charge in [0.05, 0.1) is 5.02 Å². The Balaban J connectivity index is 2.63. The maximum Gasteiger partial charge on any atom is 0.0549 e. The van der Waals surface area contributed by atoms with E-state index < -0.39 is 0 Å². The molecular weight excluding hydrogens is 249 g/mol. The number of allylic oxidation sites excluding steroid dienone is 1. The van der Waals surface area contributed by atoms with Crippen LogP contribution in [0, 0.1) is 0 Å². The quantitative estimate of drug-likeness (QED) is 0.807. The SMILES string of the molecule is C/C=C/CNc1ccc(Cl)c(Br)c1. The lowest BCUT2D eigenvalue weighted by molar-refractivity contribution is 1.32. The molecule has 0 amide bonds. The second kappa shape index (κ2) is 5.30. The molecule has 1 aromatic rings. The first kappa shape index (κ1) is 10.6. The molecule has 0 aliphatic carbocycles. The number of halogens is 2. The molecule has 0 saturated carbocycles. The minimum atomic E-state index is 0.733. The maximum atomic E-state index is 5.85. The molecule has 0 spiro atoms. The summed E-state index contributed by atoms with van der Waals surface area (Å²) >= 11 is 9.22. The van der Waals surface area contributed by atoms with Crippen molar-refractivity contribution >= 4 is 33.2 Å². The van der Waals surface area contributed by atoms with Crippen LogP contribution in [0.5, 0.6) is 0 Å². The summed E-state index contributed by atoms with van der Waals surface area (Å²) in [6, 6.07) is 5.78. The van der Waals surface area contributed by atoms with Crippen molar-refractivity contribution in [3.63, 3.8) is 0 Å². The van der Waals surface area contributed by atoms with Crippen molar-refractivity contribution in [2.45, 2.75) is 6.92 Å². The predicted molar refractivity (Wildman–Crippen MR) is 62.5 cm³/mol. The highest BCUT2D eigenvalue weighted by Gasteiger charge is 1.96. The van der Waals surface area contributed by atoms with Crippen molar-refractivity contribution in [2.75, 3.05) is 11.9 Å². The Bertz CT molecular complexity index is 310. The van der Waals surface area contributed by atoms with Gasteiger partial charge < -0.3 is 5.32 Å². The van der Waals surface area contributed by atoms with Crippen LogP contribution in [-0.2, 0) is 0 Å². The third-order valence-corrected chi connectivity index (χ3v) is 2.79. The summed E-state index contributed by atoms with van der Waals surface area (Å²) in [5.74, 6) is 0. The smallest absolute Gasteiger partial charge is 0.0549 e. The number of hydrogen-bond acceptors (Lipinski definition) is 1. The minimum absolute atomic E-state index is 0.733.